The first-order chi connectivity index (χ1) is 13.4. The van der Waals surface area contributed by atoms with Gasteiger partial charge in [0.15, 0.2) is 5.82 Å². The smallest absolute Gasteiger partial charge is 0.419 e. The number of alkyl halides is 3. The second-order valence-corrected chi connectivity index (χ2v) is 6.90. The normalized spacial score (nSPS) is 24.2. The van der Waals surface area contributed by atoms with Crippen molar-refractivity contribution in [3.63, 3.8) is 0 Å². The maximum Gasteiger partial charge on any atom is 0.419 e. The fourth-order valence-electron chi connectivity index (χ4n) is 3.90. The number of aliphatic hydroxyl groups excluding tert-OH is 1. The Morgan fingerprint density at radius 1 is 1.29 bits per heavy atom. The molecule has 1 N–H and O–H groups in total. The minimum absolute atomic E-state index is 0.00394. The Balaban J connectivity index is 1.67. The van der Waals surface area contributed by atoms with E-state index in [9.17, 15) is 18.3 Å². The number of rotatable bonds is 4. The Morgan fingerprint density at radius 2 is 2.11 bits per heavy atom. The van der Waals surface area contributed by atoms with E-state index in [-0.39, 0.29) is 35.6 Å². The summed E-state index contributed by atoms with van der Waals surface area (Å²) in [7, 11) is 0. The largest absolute Gasteiger partial charge is 0.493 e. The summed E-state index contributed by atoms with van der Waals surface area (Å²) in [6.07, 6.45) is 2.20. The number of aromatic nitrogens is 2. The summed E-state index contributed by atoms with van der Waals surface area (Å²) >= 11 is 0. The van der Waals surface area contributed by atoms with Crippen molar-refractivity contribution in [1.29, 1.82) is 0 Å². The molecule has 5 nitrogen and oxygen atoms in total. The van der Waals surface area contributed by atoms with Crippen LogP contribution in [0.25, 0.3) is 17.0 Å². The van der Waals surface area contributed by atoms with Crippen molar-refractivity contribution in [1.82, 2.24) is 10.1 Å². The molecule has 3 unspecified atom stereocenters. The third-order valence-corrected chi connectivity index (χ3v) is 5.21. The fraction of sp³-hybridized carbons (Fsp3) is 0.400. The molecular formula is C20H19F3N2O3. The predicted molar refractivity (Wildman–Crippen MR) is 95.2 cm³/mol. The third kappa shape index (κ3) is 3.32. The van der Waals surface area contributed by atoms with E-state index in [0.29, 0.717) is 12.2 Å². The van der Waals surface area contributed by atoms with Gasteiger partial charge in [0.1, 0.15) is 5.75 Å². The number of ether oxygens (including phenoxy) is 1. The highest BCUT2D eigenvalue weighted by Crippen LogP contribution is 2.44. The monoisotopic (exact) mass is 392 g/mol. The molecule has 148 valence electrons. The van der Waals surface area contributed by atoms with Crippen molar-refractivity contribution in [2.24, 2.45) is 11.8 Å². The quantitative estimate of drug-likeness (QED) is 0.830. The molecule has 28 heavy (non-hydrogen) atoms. The van der Waals surface area contributed by atoms with Gasteiger partial charge in [-0.3, -0.25) is 0 Å². The molecule has 1 aromatic carbocycles. The van der Waals surface area contributed by atoms with Gasteiger partial charge in [-0.2, -0.15) is 18.2 Å². The second-order valence-electron chi connectivity index (χ2n) is 6.90. The van der Waals surface area contributed by atoms with Gasteiger partial charge in [-0.05, 0) is 43.9 Å². The average molecular weight is 392 g/mol. The minimum atomic E-state index is -4.56. The zero-order chi connectivity index (χ0) is 19.9. The maximum atomic E-state index is 13.4. The number of hydrogen-bond donors (Lipinski definition) is 1. The molecule has 1 saturated carbocycles. The zero-order valence-corrected chi connectivity index (χ0v) is 15.1. The van der Waals surface area contributed by atoms with Gasteiger partial charge >= 0.3 is 6.18 Å². The first kappa shape index (κ1) is 18.7. The highest BCUT2D eigenvalue weighted by molar-refractivity contribution is 5.68. The standard InChI is InChI=1S/C20H19F3N2O3/c1-2-27-17-9-6-11(10-15(17)20(21,22)23)19-24-18(25-28-19)14-5-3-4-13-12(14)7-8-16(13)26/h3-6,9-10,12-13,16,26H,2,7-8H2,1H3. The molecule has 0 amide bonds. The zero-order valence-electron chi connectivity index (χ0n) is 15.1. The van der Waals surface area contributed by atoms with Gasteiger partial charge in [-0.1, -0.05) is 23.4 Å². The highest BCUT2D eigenvalue weighted by atomic mass is 19.4. The number of benzene rings is 1. The Labute approximate surface area is 159 Å². The first-order valence-electron chi connectivity index (χ1n) is 9.13. The Morgan fingerprint density at radius 3 is 2.86 bits per heavy atom. The minimum Gasteiger partial charge on any atom is -0.493 e. The molecule has 4 rings (SSSR count). The van der Waals surface area contributed by atoms with Crippen LogP contribution in [0.5, 0.6) is 5.75 Å². The molecule has 1 aromatic heterocycles. The summed E-state index contributed by atoms with van der Waals surface area (Å²) < 4.78 is 50.4. The van der Waals surface area contributed by atoms with Crippen LogP contribution >= 0.6 is 0 Å². The van der Waals surface area contributed by atoms with Crippen molar-refractivity contribution in [3.05, 3.63) is 47.8 Å². The Kier molecular flexibility index (Phi) is 4.74. The number of allylic oxidation sites excluding steroid dienone is 3. The van der Waals surface area contributed by atoms with Gasteiger partial charge in [0.2, 0.25) is 0 Å². The summed E-state index contributed by atoms with van der Waals surface area (Å²) in [5.41, 5.74) is 0.121. The molecule has 0 radical (unpaired) electrons. The van der Waals surface area contributed by atoms with Crippen molar-refractivity contribution in [2.75, 3.05) is 6.61 Å². The molecule has 1 heterocycles. The number of halogens is 3. The number of aliphatic hydroxyl groups is 1. The number of fused-ring (bicyclic) bond motifs is 1. The fourth-order valence-corrected chi connectivity index (χ4v) is 3.90. The SMILES string of the molecule is CCOc1ccc(-c2nc(C3=CC=CC4C(O)CCC34)no2)cc1C(F)(F)F. The molecule has 0 saturated heterocycles. The molecule has 1 fully saturated rings. The van der Waals surface area contributed by atoms with E-state index in [1.165, 1.54) is 12.1 Å². The molecule has 2 aromatic rings. The summed E-state index contributed by atoms with van der Waals surface area (Å²) in [6, 6.07) is 3.69. The first-order valence-corrected chi connectivity index (χ1v) is 9.13. The number of hydrogen-bond acceptors (Lipinski definition) is 5. The lowest BCUT2D eigenvalue weighted by atomic mass is 9.84. The van der Waals surface area contributed by atoms with Crippen LogP contribution in [0.4, 0.5) is 13.2 Å². The van der Waals surface area contributed by atoms with E-state index >= 15 is 0 Å². The third-order valence-electron chi connectivity index (χ3n) is 5.21. The van der Waals surface area contributed by atoms with Crippen LogP contribution < -0.4 is 4.74 Å². The van der Waals surface area contributed by atoms with Crippen molar-refractivity contribution in [3.8, 4) is 17.2 Å². The summed E-state index contributed by atoms with van der Waals surface area (Å²) in [6.45, 7) is 1.75. The highest BCUT2D eigenvalue weighted by Gasteiger charge is 2.39. The molecule has 0 aliphatic heterocycles. The Hall–Kier alpha value is -2.61. The maximum absolute atomic E-state index is 13.4. The topological polar surface area (TPSA) is 68.4 Å². The second kappa shape index (κ2) is 7.09. The lowest BCUT2D eigenvalue weighted by Gasteiger charge is -2.22. The van der Waals surface area contributed by atoms with Crippen LogP contribution in [-0.2, 0) is 6.18 Å². The van der Waals surface area contributed by atoms with E-state index in [0.717, 1.165) is 18.1 Å². The van der Waals surface area contributed by atoms with Crippen LogP contribution in [0.2, 0.25) is 0 Å². The molecule has 0 bridgehead atoms. The van der Waals surface area contributed by atoms with E-state index in [2.05, 4.69) is 10.1 Å². The Bertz CT molecular complexity index is 933. The van der Waals surface area contributed by atoms with Gasteiger partial charge in [0, 0.05) is 17.1 Å². The molecular weight excluding hydrogens is 373 g/mol. The van der Waals surface area contributed by atoms with Crippen LogP contribution in [0, 0.1) is 11.8 Å². The lowest BCUT2D eigenvalue weighted by Crippen LogP contribution is -2.19. The van der Waals surface area contributed by atoms with E-state index < -0.39 is 17.8 Å². The van der Waals surface area contributed by atoms with Gasteiger partial charge < -0.3 is 14.4 Å². The van der Waals surface area contributed by atoms with Gasteiger partial charge in [-0.15, -0.1) is 0 Å². The van der Waals surface area contributed by atoms with Crippen LogP contribution in [0.15, 0.2) is 41.0 Å². The van der Waals surface area contributed by atoms with Crippen molar-refractivity contribution < 1.29 is 27.5 Å². The van der Waals surface area contributed by atoms with Gasteiger partial charge in [-0.25, -0.2) is 0 Å². The lowest BCUT2D eigenvalue weighted by molar-refractivity contribution is -0.138. The molecule has 0 spiro atoms. The van der Waals surface area contributed by atoms with Crippen LogP contribution in [0.1, 0.15) is 31.2 Å². The van der Waals surface area contributed by atoms with Gasteiger partial charge in [0.05, 0.1) is 18.3 Å². The van der Waals surface area contributed by atoms with E-state index in [4.69, 9.17) is 9.26 Å². The average Bonchev–Trinajstić information content (AvgIpc) is 3.29. The van der Waals surface area contributed by atoms with E-state index in [1.54, 1.807) is 6.92 Å². The van der Waals surface area contributed by atoms with Crippen molar-refractivity contribution in [2.45, 2.75) is 32.0 Å². The predicted octanol–water partition coefficient (Wildman–Crippen LogP) is 4.49. The summed E-state index contributed by atoms with van der Waals surface area (Å²) in [5, 5.41) is 14.1. The molecule has 2 aliphatic rings. The summed E-state index contributed by atoms with van der Waals surface area (Å²) in [5.74, 6) is 0.196. The van der Waals surface area contributed by atoms with Crippen LogP contribution in [0.3, 0.4) is 0 Å². The van der Waals surface area contributed by atoms with Gasteiger partial charge in [0.25, 0.3) is 5.89 Å². The van der Waals surface area contributed by atoms with E-state index in [1.807, 2.05) is 18.2 Å². The molecule has 8 heteroatoms. The van der Waals surface area contributed by atoms with Crippen LogP contribution in [-0.4, -0.2) is 28.0 Å². The molecule has 3 atom stereocenters. The molecule has 2 aliphatic carbocycles. The van der Waals surface area contributed by atoms with Crippen molar-refractivity contribution >= 4 is 5.57 Å². The summed E-state index contributed by atoms with van der Waals surface area (Å²) in [4.78, 5) is 4.32. The number of nitrogens with zero attached hydrogens (tertiary/aromatic N) is 2.